The standard InChI is InChI=1S/C20H24ClNO/c1-3-6-19-15(4-2)12-18(16-7-5-8-17(21)11-16)20(23)22(19)13-14-9-10-14/h5,7-8,11-12,14H,3-4,6,9-10,13H2,1-2H3. The topological polar surface area (TPSA) is 22.0 Å². The van der Waals surface area contributed by atoms with E-state index in [4.69, 9.17) is 11.6 Å². The first kappa shape index (κ1) is 16.3. The molecule has 3 heteroatoms. The van der Waals surface area contributed by atoms with Crippen molar-refractivity contribution in [3.05, 3.63) is 57.0 Å². The predicted octanol–water partition coefficient (Wildman–Crippen LogP) is 5.09. The lowest BCUT2D eigenvalue weighted by Crippen LogP contribution is -2.27. The Balaban J connectivity index is 2.18. The fraction of sp³-hybridized carbons (Fsp3) is 0.450. The zero-order valence-electron chi connectivity index (χ0n) is 13.9. The van der Waals surface area contributed by atoms with E-state index in [9.17, 15) is 4.79 Å². The summed E-state index contributed by atoms with van der Waals surface area (Å²) >= 11 is 6.13. The van der Waals surface area contributed by atoms with Crippen LogP contribution in [0, 0.1) is 5.92 Å². The number of rotatable bonds is 6. The number of benzene rings is 1. The van der Waals surface area contributed by atoms with Crippen LogP contribution in [0.25, 0.3) is 11.1 Å². The van der Waals surface area contributed by atoms with Gasteiger partial charge in [-0.3, -0.25) is 4.79 Å². The summed E-state index contributed by atoms with van der Waals surface area (Å²) in [6.07, 6.45) is 5.49. The number of nitrogens with zero attached hydrogens (tertiary/aromatic N) is 1. The number of aromatic nitrogens is 1. The highest BCUT2D eigenvalue weighted by molar-refractivity contribution is 6.30. The van der Waals surface area contributed by atoms with Crippen LogP contribution in [0.1, 0.15) is 44.4 Å². The average Bonchev–Trinajstić information content (AvgIpc) is 3.35. The number of aryl methyl sites for hydroxylation is 1. The molecule has 2 aromatic rings. The first-order valence-electron chi connectivity index (χ1n) is 8.65. The van der Waals surface area contributed by atoms with E-state index in [1.165, 1.54) is 24.1 Å². The molecule has 23 heavy (non-hydrogen) atoms. The van der Waals surface area contributed by atoms with Crippen LogP contribution >= 0.6 is 11.6 Å². The Labute approximate surface area is 143 Å². The van der Waals surface area contributed by atoms with Crippen molar-refractivity contribution in [2.24, 2.45) is 5.92 Å². The third kappa shape index (κ3) is 3.53. The molecule has 1 aromatic carbocycles. The molecule has 1 heterocycles. The average molecular weight is 330 g/mol. The minimum Gasteiger partial charge on any atom is -0.312 e. The Hall–Kier alpha value is -1.54. The molecule has 0 unspecified atom stereocenters. The van der Waals surface area contributed by atoms with Crippen LogP contribution in [-0.4, -0.2) is 4.57 Å². The van der Waals surface area contributed by atoms with Gasteiger partial charge in [-0.05, 0) is 60.9 Å². The first-order chi connectivity index (χ1) is 11.1. The van der Waals surface area contributed by atoms with E-state index in [1.807, 2.05) is 24.3 Å². The maximum absolute atomic E-state index is 13.1. The summed E-state index contributed by atoms with van der Waals surface area (Å²) in [6.45, 7) is 5.22. The lowest BCUT2D eigenvalue weighted by Gasteiger charge is -2.18. The van der Waals surface area contributed by atoms with Crippen molar-refractivity contribution < 1.29 is 0 Å². The van der Waals surface area contributed by atoms with Crippen LogP contribution in [0.5, 0.6) is 0 Å². The van der Waals surface area contributed by atoms with Gasteiger partial charge in [0.15, 0.2) is 0 Å². The molecular formula is C20H24ClNO. The van der Waals surface area contributed by atoms with E-state index in [0.29, 0.717) is 10.9 Å². The van der Waals surface area contributed by atoms with E-state index in [-0.39, 0.29) is 5.56 Å². The first-order valence-corrected chi connectivity index (χ1v) is 9.03. The summed E-state index contributed by atoms with van der Waals surface area (Å²) in [5.74, 6) is 0.683. The van der Waals surface area contributed by atoms with Crippen LogP contribution in [0.2, 0.25) is 5.02 Å². The van der Waals surface area contributed by atoms with E-state index in [1.54, 1.807) is 0 Å². The summed E-state index contributed by atoms with van der Waals surface area (Å²) in [6, 6.07) is 9.71. The van der Waals surface area contributed by atoms with Gasteiger partial charge in [0, 0.05) is 22.8 Å². The lowest BCUT2D eigenvalue weighted by atomic mass is 9.99. The molecule has 2 nitrogen and oxygen atoms in total. The Morgan fingerprint density at radius 3 is 2.61 bits per heavy atom. The third-order valence-electron chi connectivity index (χ3n) is 4.63. The largest absolute Gasteiger partial charge is 0.312 e. The number of halogens is 1. The summed E-state index contributed by atoms with van der Waals surface area (Å²) < 4.78 is 2.05. The highest BCUT2D eigenvalue weighted by Gasteiger charge is 2.25. The molecular weight excluding hydrogens is 306 g/mol. The second-order valence-corrected chi connectivity index (χ2v) is 6.94. The minimum atomic E-state index is 0.139. The van der Waals surface area contributed by atoms with Crippen molar-refractivity contribution in [1.82, 2.24) is 4.57 Å². The molecule has 1 aromatic heterocycles. The molecule has 1 saturated carbocycles. The summed E-state index contributed by atoms with van der Waals surface area (Å²) in [5.41, 5.74) is 4.37. The van der Waals surface area contributed by atoms with E-state index in [2.05, 4.69) is 24.5 Å². The van der Waals surface area contributed by atoms with Crippen molar-refractivity contribution >= 4 is 11.6 Å². The molecule has 1 fully saturated rings. The second-order valence-electron chi connectivity index (χ2n) is 6.50. The SMILES string of the molecule is CCCc1c(CC)cc(-c2cccc(Cl)c2)c(=O)n1CC1CC1. The molecule has 0 amide bonds. The number of hydrogen-bond acceptors (Lipinski definition) is 1. The van der Waals surface area contributed by atoms with Crippen molar-refractivity contribution in [2.45, 2.75) is 52.5 Å². The van der Waals surface area contributed by atoms with Gasteiger partial charge in [0.2, 0.25) is 0 Å². The van der Waals surface area contributed by atoms with Gasteiger partial charge in [-0.25, -0.2) is 0 Å². The summed E-state index contributed by atoms with van der Waals surface area (Å²) in [7, 11) is 0. The van der Waals surface area contributed by atoms with Gasteiger partial charge < -0.3 is 4.57 Å². The highest BCUT2D eigenvalue weighted by Crippen LogP contribution is 2.32. The van der Waals surface area contributed by atoms with E-state index >= 15 is 0 Å². The zero-order chi connectivity index (χ0) is 16.4. The Kier molecular flexibility index (Phi) is 4.91. The molecule has 0 atom stereocenters. The fourth-order valence-corrected chi connectivity index (χ4v) is 3.40. The lowest BCUT2D eigenvalue weighted by molar-refractivity contribution is 0.571. The van der Waals surface area contributed by atoms with Crippen LogP contribution in [0.4, 0.5) is 0 Å². The second kappa shape index (κ2) is 6.92. The van der Waals surface area contributed by atoms with Gasteiger partial charge in [-0.2, -0.15) is 0 Å². The van der Waals surface area contributed by atoms with Gasteiger partial charge in [-0.1, -0.05) is 44.0 Å². The fourth-order valence-electron chi connectivity index (χ4n) is 3.21. The van der Waals surface area contributed by atoms with Crippen LogP contribution < -0.4 is 5.56 Å². The number of pyridine rings is 1. The molecule has 122 valence electrons. The molecule has 1 aliphatic carbocycles. The van der Waals surface area contributed by atoms with Crippen LogP contribution in [0.15, 0.2) is 35.1 Å². The highest BCUT2D eigenvalue weighted by atomic mass is 35.5. The Morgan fingerprint density at radius 2 is 2.00 bits per heavy atom. The summed E-state index contributed by atoms with van der Waals surface area (Å²) in [5, 5.41) is 0.673. The summed E-state index contributed by atoms with van der Waals surface area (Å²) in [4.78, 5) is 13.1. The van der Waals surface area contributed by atoms with E-state index < -0.39 is 0 Å². The maximum Gasteiger partial charge on any atom is 0.258 e. The quantitative estimate of drug-likeness (QED) is 0.723. The smallest absolute Gasteiger partial charge is 0.258 e. The van der Waals surface area contributed by atoms with Crippen molar-refractivity contribution in [3.8, 4) is 11.1 Å². The molecule has 3 rings (SSSR count). The molecule has 0 aliphatic heterocycles. The van der Waals surface area contributed by atoms with Gasteiger partial charge in [-0.15, -0.1) is 0 Å². The predicted molar refractivity (Wildman–Crippen MR) is 97.2 cm³/mol. The molecule has 0 saturated heterocycles. The maximum atomic E-state index is 13.1. The molecule has 0 spiro atoms. The Morgan fingerprint density at radius 1 is 1.22 bits per heavy atom. The van der Waals surface area contributed by atoms with Gasteiger partial charge in [0.25, 0.3) is 5.56 Å². The molecule has 0 bridgehead atoms. The van der Waals surface area contributed by atoms with Crippen LogP contribution in [0.3, 0.4) is 0 Å². The molecule has 0 radical (unpaired) electrons. The van der Waals surface area contributed by atoms with Gasteiger partial charge in [0.1, 0.15) is 0 Å². The van der Waals surface area contributed by atoms with Gasteiger partial charge in [0.05, 0.1) is 0 Å². The van der Waals surface area contributed by atoms with Crippen molar-refractivity contribution in [3.63, 3.8) is 0 Å². The third-order valence-corrected chi connectivity index (χ3v) is 4.87. The minimum absolute atomic E-state index is 0.139. The van der Waals surface area contributed by atoms with Gasteiger partial charge >= 0.3 is 0 Å². The van der Waals surface area contributed by atoms with Crippen molar-refractivity contribution in [2.75, 3.05) is 0 Å². The monoisotopic (exact) mass is 329 g/mol. The van der Waals surface area contributed by atoms with E-state index in [0.717, 1.165) is 36.9 Å². The molecule has 1 aliphatic rings. The van der Waals surface area contributed by atoms with Crippen LogP contribution in [-0.2, 0) is 19.4 Å². The normalized spacial score (nSPS) is 14.2. The Bertz CT molecular complexity index is 759. The number of hydrogen-bond donors (Lipinski definition) is 0. The molecule has 0 N–H and O–H groups in total. The van der Waals surface area contributed by atoms with Crippen molar-refractivity contribution in [1.29, 1.82) is 0 Å². The zero-order valence-corrected chi connectivity index (χ0v) is 14.7.